The highest BCUT2D eigenvalue weighted by molar-refractivity contribution is 5.94. The van der Waals surface area contributed by atoms with Crippen LogP contribution >= 0.6 is 0 Å². The summed E-state index contributed by atoms with van der Waals surface area (Å²) >= 11 is 0. The van der Waals surface area contributed by atoms with E-state index in [1.54, 1.807) is 19.1 Å². The average molecular weight is 339 g/mol. The van der Waals surface area contributed by atoms with Crippen molar-refractivity contribution in [3.63, 3.8) is 0 Å². The number of hydrogen-bond donors (Lipinski definition) is 1. The third kappa shape index (κ3) is 5.45. The summed E-state index contributed by atoms with van der Waals surface area (Å²) in [5.41, 5.74) is 0.848. The molecule has 0 unspecified atom stereocenters. The van der Waals surface area contributed by atoms with E-state index in [4.69, 9.17) is 4.74 Å². The Labute approximate surface area is 149 Å². The second kappa shape index (κ2) is 7.97. The van der Waals surface area contributed by atoms with Gasteiger partial charge >= 0.3 is 5.97 Å². The van der Waals surface area contributed by atoms with Gasteiger partial charge in [-0.2, -0.15) is 0 Å². The Morgan fingerprint density at radius 1 is 0.920 bits per heavy atom. The fraction of sp³-hybridized carbons (Fsp3) is 0.333. The Kier molecular flexibility index (Phi) is 5.97. The molecular formula is C21H25NO3. The molecule has 1 amide bonds. The molecule has 4 heteroatoms. The van der Waals surface area contributed by atoms with Crippen LogP contribution in [0.2, 0.25) is 0 Å². The summed E-state index contributed by atoms with van der Waals surface area (Å²) in [6, 6.07) is 18.0. The highest BCUT2D eigenvalue weighted by atomic mass is 16.6. The zero-order chi connectivity index (χ0) is 18.4. The van der Waals surface area contributed by atoms with E-state index in [-0.39, 0.29) is 11.9 Å². The summed E-state index contributed by atoms with van der Waals surface area (Å²) in [5, 5.41) is 2.98. The van der Waals surface area contributed by atoms with Crippen molar-refractivity contribution in [3.8, 4) is 0 Å². The molecule has 0 spiro atoms. The van der Waals surface area contributed by atoms with E-state index in [2.05, 4.69) is 5.32 Å². The van der Waals surface area contributed by atoms with Crippen LogP contribution in [-0.4, -0.2) is 17.5 Å². The first kappa shape index (κ1) is 18.7. The minimum absolute atomic E-state index is 0.218. The molecular weight excluding hydrogens is 314 g/mol. The molecule has 0 aliphatic heterocycles. The molecule has 0 aromatic heterocycles. The lowest BCUT2D eigenvalue weighted by Crippen LogP contribution is -2.38. The maximum atomic E-state index is 12.6. The Bertz CT molecular complexity index is 705. The molecule has 0 saturated heterocycles. The average Bonchev–Trinajstić information content (AvgIpc) is 2.59. The molecule has 1 N–H and O–H groups in total. The van der Waals surface area contributed by atoms with Gasteiger partial charge in [0, 0.05) is 5.56 Å². The van der Waals surface area contributed by atoms with Crippen LogP contribution < -0.4 is 5.32 Å². The predicted octanol–water partition coefficient (Wildman–Crippen LogP) is 4.14. The van der Waals surface area contributed by atoms with E-state index in [0.717, 1.165) is 5.56 Å². The van der Waals surface area contributed by atoms with Crippen molar-refractivity contribution in [2.45, 2.75) is 39.3 Å². The maximum absolute atomic E-state index is 12.6. The summed E-state index contributed by atoms with van der Waals surface area (Å²) in [5.74, 6) is -1.08. The molecule has 4 nitrogen and oxygen atoms in total. The van der Waals surface area contributed by atoms with Gasteiger partial charge in [-0.05, 0) is 45.4 Å². The lowest BCUT2D eigenvalue weighted by molar-refractivity contribution is -0.160. The van der Waals surface area contributed by atoms with Gasteiger partial charge in [-0.25, -0.2) is 0 Å². The van der Waals surface area contributed by atoms with Crippen molar-refractivity contribution in [3.05, 3.63) is 71.8 Å². The standard InChI is InChI=1S/C21H25NO3/c1-15(20(24)25-21(2,3)4)18(16-11-7-5-8-12-16)22-19(23)17-13-9-6-10-14-17/h5-15,18H,1-4H3,(H,22,23)/t15-,18-/m1/s1. The second-order valence-corrected chi connectivity index (χ2v) is 7.05. The van der Waals surface area contributed by atoms with E-state index < -0.39 is 17.6 Å². The number of carbonyl (C=O) groups is 2. The number of amides is 1. The van der Waals surface area contributed by atoms with Crippen LogP contribution in [-0.2, 0) is 9.53 Å². The van der Waals surface area contributed by atoms with Crippen LogP contribution in [0, 0.1) is 5.92 Å². The van der Waals surface area contributed by atoms with Crippen LogP contribution in [0.15, 0.2) is 60.7 Å². The summed E-state index contributed by atoms with van der Waals surface area (Å²) in [7, 11) is 0. The van der Waals surface area contributed by atoms with Gasteiger partial charge in [0.05, 0.1) is 12.0 Å². The predicted molar refractivity (Wildman–Crippen MR) is 98.1 cm³/mol. The van der Waals surface area contributed by atoms with Crippen LogP contribution in [0.3, 0.4) is 0 Å². The molecule has 2 atom stereocenters. The zero-order valence-corrected chi connectivity index (χ0v) is 15.2. The lowest BCUT2D eigenvalue weighted by Gasteiger charge is -2.28. The van der Waals surface area contributed by atoms with E-state index in [1.165, 1.54) is 0 Å². The number of benzene rings is 2. The Morgan fingerprint density at radius 3 is 1.96 bits per heavy atom. The van der Waals surface area contributed by atoms with Crippen molar-refractivity contribution in [1.82, 2.24) is 5.32 Å². The lowest BCUT2D eigenvalue weighted by atomic mass is 9.93. The van der Waals surface area contributed by atoms with Crippen molar-refractivity contribution in [2.24, 2.45) is 5.92 Å². The third-order valence-corrected chi connectivity index (χ3v) is 3.76. The number of esters is 1. The first-order valence-corrected chi connectivity index (χ1v) is 8.41. The van der Waals surface area contributed by atoms with Crippen molar-refractivity contribution < 1.29 is 14.3 Å². The normalized spacial score (nSPS) is 13.6. The van der Waals surface area contributed by atoms with Gasteiger partial charge in [0.2, 0.25) is 0 Å². The molecule has 2 aromatic rings. The highest BCUT2D eigenvalue weighted by Crippen LogP contribution is 2.25. The summed E-state index contributed by atoms with van der Waals surface area (Å²) in [4.78, 5) is 25.1. The van der Waals surface area contributed by atoms with E-state index in [0.29, 0.717) is 5.56 Å². The van der Waals surface area contributed by atoms with Crippen LogP contribution in [0.1, 0.15) is 49.7 Å². The quantitative estimate of drug-likeness (QED) is 0.833. The maximum Gasteiger partial charge on any atom is 0.311 e. The molecule has 132 valence electrons. The van der Waals surface area contributed by atoms with Gasteiger partial charge in [-0.3, -0.25) is 9.59 Å². The molecule has 2 aromatic carbocycles. The zero-order valence-electron chi connectivity index (χ0n) is 15.2. The van der Waals surface area contributed by atoms with Crippen molar-refractivity contribution >= 4 is 11.9 Å². The smallest absolute Gasteiger partial charge is 0.311 e. The fourth-order valence-corrected chi connectivity index (χ4v) is 2.50. The van der Waals surface area contributed by atoms with Crippen LogP contribution in [0.5, 0.6) is 0 Å². The minimum atomic E-state index is -0.573. The summed E-state index contributed by atoms with van der Waals surface area (Å²) in [6.45, 7) is 7.27. The van der Waals surface area contributed by atoms with E-state index in [1.807, 2.05) is 69.3 Å². The molecule has 0 saturated carbocycles. The highest BCUT2D eigenvalue weighted by Gasteiger charge is 2.31. The number of nitrogens with one attached hydrogen (secondary N) is 1. The largest absolute Gasteiger partial charge is 0.460 e. The number of ether oxygens (including phenoxy) is 1. The Morgan fingerprint density at radius 2 is 1.44 bits per heavy atom. The Balaban J connectivity index is 2.25. The van der Waals surface area contributed by atoms with Crippen LogP contribution in [0.25, 0.3) is 0 Å². The molecule has 0 bridgehead atoms. The summed E-state index contributed by atoms with van der Waals surface area (Å²) < 4.78 is 5.50. The van der Waals surface area contributed by atoms with Gasteiger partial charge < -0.3 is 10.1 Å². The molecule has 2 rings (SSSR count). The number of rotatable bonds is 5. The monoisotopic (exact) mass is 339 g/mol. The molecule has 0 aliphatic rings. The van der Waals surface area contributed by atoms with Gasteiger partial charge in [0.25, 0.3) is 5.91 Å². The van der Waals surface area contributed by atoms with Gasteiger partial charge in [-0.1, -0.05) is 48.5 Å². The minimum Gasteiger partial charge on any atom is -0.460 e. The first-order chi connectivity index (χ1) is 11.8. The second-order valence-electron chi connectivity index (χ2n) is 7.05. The molecule has 0 radical (unpaired) electrons. The Hall–Kier alpha value is -2.62. The van der Waals surface area contributed by atoms with Crippen molar-refractivity contribution in [1.29, 1.82) is 0 Å². The first-order valence-electron chi connectivity index (χ1n) is 8.41. The molecule has 0 fully saturated rings. The number of hydrogen-bond acceptors (Lipinski definition) is 3. The van der Waals surface area contributed by atoms with Crippen LogP contribution in [0.4, 0.5) is 0 Å². The van der Waals surface area contributed by atoms with Gasteiger partial charge in [0.1, 0.15) is 5.60 Å². The van der Waals surface area contributed by atoms with Gasteiger partial charge in [-0.15, -0.1) is 0 Å². The SMILES string of the molecule is C[C@@H](C(=O)OC(C)(C)C)[C@@H](NC(=O)c1ccccc1)c1ccccc1. The molecule has 25 heavy (non-hydrogen) atoms. The third-order valence-electron chi connectivity index (χ3n) is 3.76. The number of carbonyl (C=O) groups excluding carboxylic acids is 2. The summed E-state index contributed by atoms with van der Waals surface area (Å²) in [6.07, 6.45) is 0. The fourth-order valence-electron chi connectivity index (χ4n) is 2.50. The van der Waals surface area contributed by atoms with E-state index in [9.17, 15) is 9.59 Å². The van der Waals surface area contributed by atoms with Crippen molar-refractivity contribution in [2.75, 3.05) is 0 Å². The molecule has 0 aliphatic carbocycles. The van der Waals surface area contributed by atoms with Gasteiger partial charge in [0.15, 0.2) is 0 Å². The van der Waals surface area contributed by atoms with E-state index >= 15 is 0 Å². The molecule has 0 heterocycles. The topological polar surface area (TPSA) is 55.4 Å².